The highest BCUT2D eigenvalue weighted by Crippen LogP contribution is 2.40. The van der Waals surface area contributed by atoms with Crippen LogP contribution in [-0.2, 0) is 31.6 Å². The largest absolute Gasteiger partial charge is 0.494 e. The van der Waals surface area contributed by atoms with E-state index in [1.54, 1.807) is 41.4 Å². The Labute approximate surface area is 403 Å². The Kier molecular flexibility index (Phi) is 16.4. The number of unbranched alkanes of at least 4 members (excludes halogenated alkanes) is 2. The molecule has 3 unspecified atom stereocenters. The van der Waals surface area contributed by atoms with E-state index in [2.05, 4.69) is 12.6 Å². The van der Waals surface area contributed by atoms with E-state index in [0.717, 1.165) is 59.0 Å². The van der Waals surface area contributed by atoms with Gasteiger partial charge in [0, 0.05) is 50.7 Å². The average Bonchev–Trinajstić information content (AvgIpc) is 4.02. The second kappa shape index (κ2) is 23.3. The first-order valence-corrected chi connectivity index (χ1v) is 23.9. The van der Waals surface area contributed by atoms with Crippen LogP contribution in [0.2, 0.25) is 0 Å². The highest BCUT2D eigenvalue weighted by molar-refractivity contribution is 7.22. The van der Waals surface area contributed by atoms with Crippen molar-refractivity contribution in [3.8, 4) is 40.2 Å². The molecule has 1 saturated carbocycles. The lowest BCUT2D eigenvalue weighted by molar-refractivity contribution is -0.185. The molecule has 0 N–H and O–H groups in total. The fraction of sp³-hybridized carbons (Fsp3) is 0.315. The molecule has 0 spiro atoms. The fourth-order valence-corrected chi connectivity index (χ4v) is 8.85. The molecule has 0 bridgehead atoms. The second-order valence-corrected chi connectivity index (χ2v) is 17.8. The number of carbonyl (C=O) groups excluding carboxylic acids is 2. The van der Waals surface area contributed by atoms with Crippen molar-refractivity contribution >= 4 is 44.8 Å². The number of para-hydroxylation sites is 1. The predicted octanol–water partition coefficient (Wildman–Crippen LogP) is 11.6. The first-order valence-electron chi connectivity index (χ1n) is 23.1. The van der Waals surface area contributed by atoms with E-state index < -0.39 is 23.6 Å². The number of nitriles is 1. The van der Waals surface area contributed by atoms with Crippen LogP contribution in [0.25, 0.3) is 21.3 Å². The van der Waals surface area contributed by atoms with Gasteiger partial charge in [-0.05, 0) is 128 Å². The highest BCUT2D eigenvalue weighted by Gasteiger charge is 2.43. The third-order valence-corrected chi connectivity index (χ3v) is 12.8. The molecule has 8 rings (SSSR count). The maximum atomic E-state index is 15.9. The number of hydrogen-bond acceptors (Lipinski definition) is 13. The topological polar surface area (TPSA) is 145 Å². The molecule has 1 saturated heterocycles. The number of nitrogens with zero attached hydrogens (tertiary/aromatic N) is 4. The lowest BCUT2D eigenvalue weighted by Crippen LogP contribution is -2.22. The Morgan fingerprint density at radius 2 is 1.64 bits per heavy atom. The summed E-state index contributed by atoms with van der Waals surface area (Å²) in [5.41, 5.74) is 2.89. The predicted molar refractivity (Wildman–Crippen MR) is 260 cm³/mol. The molecule has 3 atom stereocenters. The summed E-state index contributed by atoms with van der Waals surface area (Å²) in [6, 6.07) is 33.7. The summed E-state index contributed by atoms with van der Waals surface area (Å²) in [5, 5.41) is 16.2. The minimum atomic E-state index is -3.76. The van der Waals surface area contributed by atoms with Crippen LogP contribution >= 0.6 is 11.3 Å². The quantitative estimate of drug-likeness (QED) is 0.0109. The van der Waals surface area contributed by atoms with Gasteiger partial charge in [0.15, 0.2) is 0 Å². The number of hydrogen-bond donors (Lipinski definition) is 0. The van der Waals surface area contributed by atoms with Gasteiger partial charge in [0.2, 0.25) is 5.13 Å². The zero-order valence-electron chi connectivity index (χ0n) is 38.0. The number of carbonyl (C=O) groups is 2. The summed E-state index contributed by atoms with van der Waals surface area (Å²) in [6.07, 6.45) is 5.94. The summed E-state index contributed by atoms with van der Waals surface area (Å²) >= 11 is 1.44. The molecule has 2 aliphatic rings. The van der Waals surface area contributed by atoms with E-state index in [4.69, 9.17) is 43.8 Å². The molecule has 5 aromatic carbocycles. The molecule has 1 aliphatic carbocycles. The first-order chi connectivity index (χ1) is 33.6. The minimum Gasteiger partial charge on any atom is -0.494 e. The Hall–Kier alpha value is -6.99. The maximum Gasteiger partial charge on any atom is 0.426 e. The van der Waals surface area contributed by atoms with Gasteiger partial charge in [-0.15, -0.1) is 0 Å². The summed E-state index contributed by atoms with van der Waals surface area (Å²) < 4.78 is 66.5. The summed E-state index contributed by atoms with van der Waals surface area (Å²) in [7, 11) is 0. The number of hydrazone groups is 1. The molecule has 356 valence electrons. The van der Waals surface area contributed by atoms with Gasteiger partial charge in [0.1, 0.15) is 23.0 Å². The molecule has 6 aromatic rings. The standard InChI is InChI=1S/C54H52F2N4O8S/c1-2-51(61)65-44-23-17-40(18-24-44)39-15-19-42(20-16-39)54(55,56)68-45-25-27-47(41(34-45)35-58-60(30-7-3-6-29-57)53-59-46-9-4-5-10-50(46)69-53)67-52(62)28-14-37-11-21-43(22-12-37)64-32-8-31-63-36-38-13-26-48-49(33-38)66-48/h2,4-5,9-12,15-25,27,34-35,38,48-49H,1,3,6-8,13-14,26,28,30-33,36H2/b58-35+. The van der Waals surface area contributed by atoms with Crippen LogP contribution < -0.4 is 24.0 Å². The molecule has 2 heterocycles. The van der Waals surface area contributed by atoms with Crippen LogP contribution in [0.4, 0.5) is 13.9 Å². The van der Waals surface area contributed by atoms with E-state index in [9.17, 15) is 9.59 Å². The minimum absolute atomic E-state index is 0.0403. The van der Waals surface area contributed by atoms with Crippen LogP contribution in [0.1, 0.15) is 68.1 Å². The van der Waals surface area contributed by atoms with Crippen LogP contribution in [0.3, 0.4) is 0 Å². The smallest absolute Gasteiger partial charge is 0.426 e. The molecule has 12 nitrogen and oxygen atoms in total. The molecule has 69 heavy (non-hydrogen) atoms. The van der Waals surface area contributed by atoms with E-state index in [1.807, 2.05) is 48.5 Å². The number of ether oxygens (including phenoxy) is 6. The number of aryl methyl sites for hydroxylation is 1. The number of alkyl halides is 2. The number of fused-ring (bicyclic) bond motifs is 2. The van der Waals surface area contributed by atoms with Gasteiger partial charge in [-0.2, -0.15) is 19.1 Å². The maximum absolute atomic E-state index is 15.9. The third kappa shape index (κ3) is 13.8. The molecule has 1 aliphatic heterocycles. The van der Waals surface area contributed by atoms with Gasteiger partial charge in [0.25, 0.3) is 0 Å². The molecule has 1 aromatic heterocycles. The van der Waals surface area contributed by atoms with Crippen molar-refractivity contribution in [3.05, 3.63) is 145 Å². The third-order valence-electron chi connectivity index (χ3n) is 11.7. The number of benzene rings is 5. The number of esters is 2. The molecular weight excluding hydrogens is 903 g/mol. The number of aromatic nitrogens is 1. The van der Waals surface area contributed by atoms with Crippen molar-refractivity contribution in [2.24, 2.45) is 11.0 Å². The van der Waals surface area contributed by atoms with Gasteiger partial charge in [-0.3, -0.25) is 4.79 Å². The Morgan fingerprint density at radius 1 is 0.884 bits per heavy atom. The molecular formula is C54H52F2N4O8S. The van der Waals surface area contributed by atoms with Crippen LogP contribution in [0.15, 0.2) is 133 Å². The molecule has 2 fully saturated rings. The van der Waals surface area contributed by atoms with Crippen LogP contribution in [0.5, 0.6) is 23.0 Å². The van der Waals surface area contributed by atoms with Crippen molar-refractivity contribution in [1.29, 1.82) is 5.26 Å². The van der Waals surface area contributed by atoms with Gasteiger partial charge < -0.3 is 28.4 Å². The monoisotopic (exact) mass is 954 g/mol. The van der Waals surface area contributed by atoms with Crippen LogP contribution in [0, 0.1) is 17.2 Å². The first kappa shape index (κ1) is 48.5. The molecule has 0 amide bonds. The van der Waals surface area contributed by atoms with E-state index >= 15 is 8.78 Å². The molecule has 0 radical (unpaired) electrons. The Balaban J connectivity index is 0.922. The number of rotatable bonds is 24. The fourth-order valence-electron chi connectivity index (χ4n) is 7.90. The zero-order chi connectivity index (χ0) is 48.0. The van der Waals surface area contributed by atoms with Crippen molar-refractivity contribution in [2.45, 2.75) is 76.1 Å². The van der Waals surface area contributed by atoms with E-state index in [0.29, 0.717) is 80.0 Å². The van der Waals surface area contributed by atoms with Crippen molar-refractivity contribution < 1.29 is 46.8 Å². The number of thiazole rings is 1. The normalized spacial score (nSPS) is 16.3. The van der Waals surface area contributed by atoms with Gasteiger partial charge in [-0.25, -0.2) is 14.8 Å². The zero-order valence-corrected chi connectivity index (χ0v) is 38.8. The number of halogens is 2. The van der Waals surface area contributed by atoms with E-state index in [1.165, 1.54) is 54.3 Å². The van der Waals surface area contributed by atoms with Gasteiger partial charge in [-0.1, -0.05) is 66.4 Å². The van der Waals surface area contributed by atoms with E-state index in [-0.39, 0.29) is 23.5 Å². The summed E-state index contributed by atoms with van der Waals surface area (Å²) in [4.78, 5) is 29.7. The summed E-state index contributed by atoms with van der Waals surface area (Å²) in [5.74, 6) is 0.396. The number of anilines is 1. The Morgan fingerprint density at radius 3 is 2.39 bits per heavy atom. The molecule has 15 heteroatoms. The lowest BCUT2D eigenvalue weighted by Gasteiger charge is -2.20. The lowest BCUT2D eigenvalue weighted by atomic mass is 9.90. The van der Waals surface area contributed by atoms with Gasteiger partial charge >= 0.3 is 18.0 Å². The summed E-state index contributed by atoms with van der Waals surface area (Å²) in [6.45, 7) is 5.73. The SMILES string of the molecule is C=CC(=O)Oc1ccc(-c2ccc(C(F)(F)Oc3ccc(OC(=O)CCc4ccc(OCCCOCC5CCC6OC6C5)cc4)c(/C=N/N(CCCCC#N)c4nc5ccccc5s4)c3)cc2)cc1. The van der Waals surface area contributed by atoms with Crippen molar-refractivity contribution in [1.82, 2.24) is 4.98 Å². The van der Waals surface area contributed by atoms with Crippen LogP contribution in [-0.4, -0.2) is 61.7 Å². The van der Waals surface area contributed by atoms with Gasteiger partial charge in [0.05, 0.1) is 46.9 Å². The van der Waals surface area contributed by atoms with Crippen molar-refractivity contribution in [3.63, 3.8) is 0 Å². The second-order valence-electron chi connectivity index (χ2n) is 16.8. The highest BCUT2D eigenvalue weighted by atomic mass is 32.1. The van der Waals surface area contributed by atoms with Crippen molar-refractivity contribution in [2.75, 3.05) is 31.4 Å². The Bertz CT molecular complexity index is 2730. The average molecular weight is 955 g/mol. The number of epoxide rings is 1.